The number of benzene rings is 1. The third-order valence-electron chi connectivity index (χ3n) is 4.60. The molecule has 1 aromatic rings. The highest BCUT2D eigenvalue weighted by Gasteiger charge is 2.42. The van der Waals surface area contributed by atoms with Crippen LogP contribution in [0.1, 0.15) is 19.8 Å². The number of carbonyl (C=O) groups excluding carboxylic acids is 1. The first-order valence-corrected chi connectivity index (χ1v) is 8.47. The SMILES string of the molecule is C[C@@H](CNC(=O)N1CCC2(CCOC2)C1)Oc1ccc(Cl)cc1. The molecule has 2 atom stereocenters. The Balaban J connectivity index is 1.43. The molecule has 0 aliphatic carbocycles. The van der Waals surface area contributed by atoms with Crippen LogP contribution in [0.25, 0.3) is 0 Å². The number of amides is 2. The molecule has 2 aliphatic heterocycles. The van der Waals surface area contributed by atoms with E-state index in [0.29, 0.717) is 11.6 Å². The first kappa shape index (κ1) is 16.4. The lowest BCUT2D eigenvalue weighted by Gasteiger charge is -2.23. The monoisotopic (exact) mass is 338 g/mol. The van der Waals surface area contributed by atoms with Gasteiger partial charge in [-0.2, -0.15) is 0 Å². The van der Waals surface area contributed by atoms with Gasteiger partial charge in [-0.05, 0) is 44.0 Å². The number of nitrogens with zero attached hydrogens (tertiary/aromatic N) is 1. The van der Waals surface area contributed by atoms with Gasteiger partial charge in [-0.3, -0.25) is 0 Å². The average Bonchev–Trinajstić information content (AvgIpc) is 3.18. The quantitative estimate of drug-likeness (QED) is 0.918. The van der Waals surface area contributed by atoms with Crippen molar-refractivity contribution in [3.63, 3.8) is 0 Å². The molecule has 1 spiro atoms. The maximum absolute atomic E-state index is 12.3. The van der Waals surface area contributed by atoms with Crippen molar-refractivity contribution in [2.75, 3.05) is 32.8 Å². The highest BCUT2D eigenvalue weighted by atomic mass is 35.5. The van der Waals surface area contributed by atoms with Crippen LogP contribution in [0.3, 0.4) is 0 Å². The molecular formula is C17H23ClN2O3. The summed E-state index contributed by atoms with van der Waals surface area (Å²) in [6.07, 6.45) is 2.00. The van der Waals surface area contributed by atoms with Crippen LogP contribution < -0.4 is 10.1 Å². The van der Waals surface area contributed by atoms with Crippen molar-refractivity contribution < 1.29 is 14.3 Å². The summed E-state index contributed by atoms with van der Waals surface area (Å²) in [6.45, 7) is 5.62. The summed E-state index contributed by atoms with van der Waals surface area (Å²) in [6, 6.07) is 7.21. The molecule has 6 heteroatoms. The molecule has 2 fully saturated rings. The number of nitrogens with one attached hydrogen (secondary N) is 1. The van der Waals surface area contributed by atoms with Gasteiger partial charge in [-0.25, -0.2) is 4.79 Å². The van der Waals surface area contributed by atoms with Crippen LogP contribution in [-0.4, -0.2) is 49.9 Å². The zero-order chi connectivity index (χ0) is 16.3. The number of halogens is 1. The highest BCUT2D eigenvalue weighted by Crippen LogP contribution is 2.38. The third-order valence-corrected chi connectivity index (χ3v) is 4.85. The summed E-state index contributed by atoms with van der Waals surface area (Å²) in [5.74, 6) is 0.749. The van der Waals surface area contributed by atoms with Crippen molar-refractivity contribution in [3.05, 3.63) is 29.3 Å². The number of hydrogen-bond acceptors (Lipinski definition) is 3. The fourth-order valence-electron chi connectivity index (χ4n) is 3.21. The van der Waals surface area contributed by atoms with Gasteiger partial charge in [0.2, 0.25) is 0 Å². The Hall–Kier alpha value is -1.46. The van der Waals surface area contributed by atoms with E-state index < -0.39 is 0 Å². The third kappa shape index (κ3) is 4.09. The minimum atomic E-state index is -0.105. The topological polar surface area (TPSA) is 50.8 Å². The van der Waals surface area contributed by atoms with Gasteiger partial charge in [0.25, 0.3) is 0 Å². The van der Waals surface area contributed by atoms with Crippen molar-refractivity contribution in [2.45, 2.75) is 25.9 Å². The average molecular weight is 339 g/mol. The largest absolute Gasteiger partial charge is 0.489 e. The van der Waals surface area contributed by atoms with Crippen LogP contribution in [0.2, 0.25) is 5.02 Å². The highest BCUT2D eigenvalue weighted by molar-refractivity contribution is 6.30. The smallest absolute Gasteiger partial charge is 0.317 e. The van der Waals surface area contributed by atoms with E-state index >= 15 is 0 Å². The molecule has 2 heterocycles. The van der Waals surface area contributed by atoms with Crippen LogP contribution in [0, 0.1) is 5.41 Å². The van der Waals surface area contributed by atoms with Gasteiger partial charge in [0.1, 0.15) is 11.9 Å². The summed E-state index contributed by atoms with van der Waals surface area (Å²) in [5, 5.41) is 3.64. The molecule has 23 heavy (non-hydrogen) atoms. The zero-order valence-corrected chi connectivity index (χ0v) is 14.1. The van der Waals surface area contributed by atoms with Gasteiger partial charge in [-0.15, -0.1) is 0 Å². The molecule has 0 aromatic heterocycles. The minimum Gasteiger partial charge on any atom is -0.489 e. The van der Waals surface area contributed by atoms with Crippen molar-refractivity contribution >= 4 is 17.6 Å². The second-order valence-electron chi connectivity index (χ2n) is 6.54. The van der Waals surface area contributed by atoms with Crippen LogP contribution in [0.5, 0.6) is 5.75 Å². The number of hydrogen-bond donors (Lipinski definition) is 1. The Morgan fingerprint density at radius 1 is 1.43 bits per heavy atom. The normalized spacial score (nSPS) is 24.9. The standard InChI is InChI=1S/C17H23ClN2O3/c1-13(23-15-4-2-14(18)3-5-15)10-19-16(21)20-8-6-17(11-20)7-9-22-12-17/h2-5,13H,6-12H2,1H3,(H,19,21)/t13-,17?/m0/s1. The van der Waals surface area contributed by atoms with Gasteiger partial charge in [0.15, 0.2) is 0 Å². The van der Waals surface area contributed by atoms with Crippen molar-refractivity contribution in [2.24, 2.45) is 5.41 Å². The second kappa shape index (κ2) is 6.97. The van der Waals surface area contributed by atoms with Crippen LogP contribution in [-0.2, 0) is 4.74 Å². The first-order chi connectivity index (χ1) is 11.1. The maximum atomic E-state index is 12.3. The Kier molecular flexibility index (Phi) is 4.97. The van der Waals surface area contributed by atoms with E-state index in [9.17, 15) is 4.79 Å². The van der Waals surface area contributed by atoms with E-state index in [-0.39, 0.29) is 17.6 Å². The second-order valence-corrected chi connectivity index (χ2v) is 6.98. The van der Waals surface area contributed by atoms with Gasteiger partial charge in [-0.1, -0.05) is 11.6 Å². The molecule has 126 valence electrons. The lowest BCUT2D eigenvalue weighted by Crippen LogP contribution is -2.43. The molecular weight excluding hydrogens is 316 g/mol. The number of ether oxygens (including phenoxy) is 2. The van der Waals surface area contributed by atoms with Gasteiger partial charge in [0, 0.05) is 30.1 Å². The van der Waals surface area contributed by atoms with E-state index in [0.717, 1.165) is 44.9 Å². The number of carbonyl (C=O) groups is 1. The van der Waals surface area contributed by atoms with Crippen molar-refractivity contribution in [3.8, 4) is 5.75 Å². The van der Waals surface area contributed by atoms with E-state index in [2.05, 4.69) is 5.32 Å². The number of likely N-dealkylation sites (tertiary alicyclic amines) is 1. The fourth-order valence-corrected chi connectivity index (χ4v) is 3.34. The lowest BCUT2D eigenvalue weighted by molar-refractivity contribution is 0.151. The van der Waals surface area contributed by atoms with Gasteiger partial charge >= 0.3 is 6.03 Å². The van der Waals surface area contributed by atoms with E-state index in [1.165, 1.54) is 0 Å². The van der Waals surface area contributed by atoms with Crippen molar-refractivity contribution in [1.29, 1.82) is 0 Å². The molecule has 0 saturated carbocycles. The molecule has 2 saturated heterocycles. The first-order valence-electron chi connectivity index (χ1n) is 8.09. The summed E-state index contributed by atoms with van der Waals surface area (Å²) in [5.41, 5.74) is 0.197. The molecule has 1 N–H and O–H groups in total. The summed E-state index contributed by atoms with van der Waals surface area (Å²) in [4.78, 5) is 14.2. The Bertz CT molecular complexity index is 543. The van der Waals surface area contributed by atoms with Crippen LogP contribution >= 0.6 is 11.6 Å². The Labute approximate surface area is 141 Å². The molecule has 1 unspecified atom stereocenters. The molecule has 2 amide bonds. The zero-order valence-electron chi connectivity index (χ0n) is 13.4. The van der Waals surface area contributed by atoms with Gasteiger partial charge in [0.05, 0.1) is 13.2 Å². The lowest BCUT2D eigenvalue weighted by atomic mass is 9.87. The van der Waals surface area contributed by atoms with Crippen LogP contribution in [0.15, 0.2) is 24.3 Å². The molecule has 3 rings (SSSR count). The maximum Gasteiger partial charge on any atom is 0.317 e. The number of urea groups is 1. The summed E-state index contributed by atoms with van der Waals surface area (Å²) in [7, 11) is 0. The summed E-state index contributed by atoms with van der Waals surface area (Å²) < 4.78 is 11.3. The Morgan fingerprint density at radius 2 is 2.22 bits per heavy atom. The molecule has 0 radical (unpaired) electrons. The fraction of sp³-hybridized carbons (Fsp3) is 0.588. The van der Waals surface area contributed by atoms with Crippen LogP contribution in [0.4, 0.5) is 4.79 Å². The van der Waals surface area contributed by atoms with Crippen molar-refractivity contribution in [1.82, 2.24) is 10.2 Å². The minimum absolute atomic E-state index is 0.0136. The van der Waals surface area contributed by atoms with E-state index in [1.54, 1.807) is 12.1 Å². The molecule has 1 aromatic carbocycles. The van der Waals surface area contributed by atoms with E-state index in [4.69, 9.17) is 21.1 Å². The van der Waals surface area contributed by atoms with Gasteiger partial charge < -0.3 is 19.7 Å². The Morgan fingerprint density at radius 3 is 2.91 bits per heavy atom. The predicted octanol–water partition coefficient (Wildman–Crippen LogP) is 2.93. The van der Waals surface area contributed by atoms with E-state index in [1.807, 2.05) is 24.0 Å². The molecule has 2 aliphatic rings. The summed E-state index contributed by atoms with van der Waals surface area (Å²) >= 11 is 5.85. The molecule has 0 bridgehead atoms. The predicted molar refractivity (Wildman–Crippen MR) is 89.0 cm³/mol. The molecule has 5 nitrogen and oxygen atoms in total. The number of rotatable bonds is 4.